The molecule has 0 amide bonds. The lowest BCUT2D eigenvalue weighted by Crippen LogP contribution is -2.31. The van der Waals surface area contributed by atoms with E-state index in [4.69, 9.17) is 0 Å². The first-order valence-electron chi connectivity index (χ1n) is 13.4. The number of aromatic nitrogens is 5. The van der Waals surface area contributed by atoms with Crippen molar-refractivity contribution in [2.75, 3.05) is 0 Å². The largest absolute Gasteiger partial charge is 0.309 e. The van der Waals surface area contributed by atoms with Gasteiger partial charge in [-0.25, -0.2) is 18.3 Å². The minimum absolute atomic E-state index is 0.365. The van der Waals surface area contributed by atoms with Crippen molar-refractivity contribution in [2.24, 2.45) is 14.1 Å². The van der Waals surface area contributed by atoms with Crippen LogP contribution in [0.2, 0.25) is 0 Å². The zero-order valence-electron chi connectivity index (χ0n) is 22.3. The predicted octanol–water partition coefficient (Wildman–Crippen LogP) is 5.68. The Balaban J connectivity index is 1.48. The van der Waals surface area contributed by atoms with Gasteiger partial charge in [0.2, 0.25) is 12.7 Å². The third-order valence-electron chi connectivity index (χ3n) is 8.55. The average molecular weight is 508 g/mol. The number of rotatable bonds is 3. The molecule has 188 valence electrons. The summed E-state index contributed by atoms with van der Waals surface area (Å²) in [6.07, 6.45) is 12.6. The molecule has 1 atom stereocenters. The summed E-state index contributed by atoms with van der Waals surface area (Å²) >= 11 is 0. The van der Waals surface area contributed by atoms with E-state index in [9.17, 15) is 0 Å². The Kier molecular flexibility index (Phi) is 4.43. The van der Waals surface area contributed by atoms with Gasteiger partial charge in [0.15, 0.2) is 0 Å². The molecule has 39 heavy (non-hydrogen) atoms. The molecule has 4 aromatic carbocycles. The zero-order chi connectivity index (χ0) is 26.3. The highest BCUT2D eigenvalue weighted by Crippen LogP contribution is 2.51. The molecule has 0 saturated heterocycles. The van der Waals surface area contributed by atoms with Crippen LogP contribution in [-0.2, 0) is 19.5 Å². The van der Waals surface area contributed by atoms with E-state index in [1.54, 1.807) is 0 Å². The predicted molar refractivity (Wildman–Crippen MR) is 154 cm³/mol. The van der Waals surface area contributed by atoms with E-state index in [-0.39, 0.29) is 5.41 Å². The fraction of sp³-hybridized carbons (Fsp3) is 0.118. The van der Waals surface area contributed by atoms with Gasteiger partial charge in [0.25, 0.3) is 0 Å². The van der Waals surface area contributed by atoms with Gasteiger partial charge in [0, 0.05) is 16.2 Å². The molecule has 4 heterocycles. The molecule has 8 rings (SSSR count). The molecule has 7 aromatic rings. The molecule has 1 aliphatic heterocycles. The van der Waals surface area contributed by atoms with Crippen LogP contribution in [0.3, 0.4) is 0 Å². The van der Waals surface area contributed by atoms with Gasteiger partial charge in [0.05, 0.1) is 30.8 Å². The van der Waals surface area contributed by atoms with Gasteiger partial charge >= 0.3 is 0 Å². The molecule has 0 fully saturated rings. The van der Waals surface area contributed by atoms with Crippen LogP contribution in [0.5, 0.6) is 0 Å². The van der Waals surface area contributed by atoms with E-state index in [0.717, 1.165) is 11.4 Å². The first kappa shape index (κ1) is 22.1. The van der Waals surface area contributed by atoms with Crippen molar-refractivity contribution < 1.29 is 9.13 Å². The van der Waals surface area contributed by atoms with E-state index in [1.165, 1.54) is 44.2 Å². The van der Waals surface area contributed by atoms with E-state index in [0.29, 0.717) is 0 Å². The topological polar surface area (TPSA) is 22.5 Å². The summed E-state index contributed by atoms with van der Waals surface area (Å²) in [6, 6.07) is 31.6. The lowest BCUT2D eigenvalue weighted by molar-refractivity contribution is -0.670. The molecular weight excluding hydrogens is 478 g/mol. The third kappa shape index (κ3) is 3.01. The van der Waals surface area contributed by atoms with Crippen LogP contribution in [0.1, 0.15) is 23.6 Å². The lowest BCUT2D eigenvalue weighted by Gasteiger charge is -2.38. The van der Waals surface area contributed by atoms with Gasteiger partial charge in [-0.1, -0.05) is 48.5 Å². The summed E-state index contributed by atoms with van der Waals surface area (Å²) in [7, 11) is 4.12. The number of nitrogens with zero attached hydrogens (tertiary/aromatic N) is 5. The minimum Gasteiger partial charge on any atom is -0.309 e. The van der Waals surface area contributed by atoms with Crippen molar-refractivity contribution in [3.63, 3.8) is 0 Å². The smallest absolute Gasteiger partial charge is 0.248 e. The molecule has 0 N–H and O–H groups in total. The monoisotopic (exact) mass is 507 g/mol. The van der Waals surface area contributed by atoms with E-state index < -0.39 is 0 Å². The van der Waals surface area contributed by atoms with Crippen LogP contribution in [0, 0.1) is 0 Å². The highest BCUT2D eigenvalue weighted by atomic mass is 15.1. The normalized spacial score (nSPS) is 16.2. The minimum atomic E-state index is -0.365. The highest BCUT2D eigenvalue weighted by Gasteiger charge is 2.41. The molecule has 0 spiro atoms. The molecular formula is C34H29N5+2. The van der Waals surface area contributed by atoms with Crippen LogP contribution < -0.4 is 9.13 Å². The molecule has 1 aliphatic rings. The summed E-state index contributed by atoms with van der Waals surface area (Å²) in [5.74, 6) is 0. The summed E-state index contributed by atoms with van der Waals surface area (Å²) in [5, 5.41) is 2.59. The van der Waals surface area contributed by atoms with Gasteiger partial charge < -0.3 is 4.57 Å². The quantitative estimate of drug-likeness (QED) is 0.275. The number of para-hydroxylation sites is 2. The molecule has 0 bridgehead atoms. The molecule has 0 aliphatic carbocycles. The first-order valence-corrected chi connectivity index (χ1v) is 13.4. The molecule has 3 aromatic heterocycles. The van der Waals surface area contributed by atoms with Crippen LogP contribution >= 0.6 is 0 Å². The Morgan fingerprint density at radius 2 is 1.33 bits per heavy atom. The number of aryl methyl sites for hydroxylation is 2. The standard InChI is InChI=1S/C34H29N5/c1-34(24-8-6-9-25(20-24)37-18-16-35(2)22-37)29-12-7-11-28-27-10-4-5-13-31(27)39(33(28)29)32-15-14-26(21-30(32)34)38-19-17-36(3)23-38/h4-23H,1-3H3/q+2. The van der Waals surface area contributed by atoms with Crippen molar-refractivity contribution in [3.05, 3.63) is 139 Å². The van der Waals surface area contributed by atoms with Gasteiger partial charge in [-0.2, -0.15) is 0 Å². The SMILES string of the molecule is C[n+]1ccn(-c2cccc(C3(C)c4cc(-n5cc[n+](C)c5)ccc4-n4c5ccccc5c5cccc3c54)c2)c1. The number of hydrogen-bond acceptors (Lipinski definition) is 0. The second kappa shape index (κ2) is 7.81. The van der Waals surface area contributed by atoms with E-state index >= 15 is 0 Å². The second-order valence-corrected chi connectivity index (χ2v) is 10.9. The van der Waals surface area contributed by atoms with Crippen LogP contribution in [0.4, 0.5) is 0 Å². The number of benzene rings is 4. The maximum atomic E-state index is 2.48. The summed E-state index contributed by atoms with van der Waals surface area (Å²) < 4.78 is 11.0. The fourth-order valence-corrected chi connectivity index (χ4v) is 6.59. The fourth-order valence-electron chi connectivity index (χ4n) is 6.59. The second-order valence-electron chi connectivity index (χ2n) is 10.9. The zero-order valence-corrected chi connectivity index (χ0v) is 22.3. The van der Waals surface area contributed by atoms with Crippen LogP contribution in [-0.4, -0.2) is 13.7 Å². The van der Waals surface area contributed by atoms with Crippen molar-refractivity contribution in [1.29, 1.82) is 0 Å². The Morgan fingerprint density at radius 3 is 2.08 bits per heavy atom. The molecule has 5 nitrogen and oxygen atoms in total. The van der Waals surface area contributed by atoms with Crippen molar-refractivity contribution in [3.8, 4) is 17.1 Å². The highest BCUT2D eigenvalue weighted by molar-refractivity contribution is 6.11. The summed E-state index contributed by atoms with van der Waals surface area (Å²) in [5.41, 5.74) is 9.63. The van der Waals surface area contributed by atoms with Crippen LogP contribution in [0.15, 0.2) is 122 Å². The average Bonchev–Trinajstić information content (AvgIpc) is 3.69. The molecule has 0 radical (unpaired) electrons. The maximum Gasteiger partial charge on any atom is 0.248 e. The van der Waals surface area contributed by atoms with Gasteiger partial charge in [-0.15, -0.1) is 0 Å². The maximum absolute atomic E-state index is 2.48. The number of fused-ring (bicyclic) bond motifs is 5. The van der Waals surface area contributed by atoms with Gasteiger partial charge in [-0.3, -0.25) is 0 Å². The van der Waals surface area contributed by atoms with Crippen molar-refractivity contribution in [1.82, 2.24) is 13.7 Å². The summed E-state index contributed by atoms with van der Waals surface area (Å²) in [4.78, 5) is 0. The molecule has 5 heteroatoms. The van der Waals surface area contributed by atoms with Gasteiger partial charge in [0.1, 0.15) is 36.2 Å². The van der Waals surface area contributed by atoms with Crippen molar-refractivity contribution >= 4 is 21.8 Å². The number of hydrogen-bond donors (Lipinski definition) is 0. The third-order valence-corrected chi connectivity index (χ3v) is 8.55. The molecule has 1 unspecified atom stereocenters. The van der Waals surface area contributed by atoms with E-state index in [2.05, 4.69) is 166 Å². The van der Waals surface area contributed by atoms with Crippen molar-refractivity contribution in [2.45, 2.75) is 12.3 Å². The Bertz CT molecular complexity index is 2070. The number of imidazole rings is 2. The first-order chi connectivity index (χ1) is 19.0. The van der Waals surface area contributed by atoms with Crippen LogP contribution in [0.25, 0.3) is 38.9 Å². The Hall–Kier alpha value is -4.90. The Morgan fingerprint density at radius 1 is 0.641 bits per heavy atom. The lowest BCUT2D eigenvalue weighted by atomic mass is 9.68. The Labute approximate surface area is 227 Å². The van der Waals surface area contributed by atoms with Gasteiger partial charge in [-0.05, 0) is 60.0 Å². The molecule has 0 saturated carbocycles. The summed E-state index contributed by atoms with van der Waals surface area (Å²) in [6.45, 7) is 2.40. The van der Waals surface area contributed by atoms with E-state index in [1.807, 2.05) is 0 Å².